The van der Waals surface area contributed by atoms with Crippen LogP contribution in [0.2, 0.25) is 0 Å². The highest BCUT2D eigenvalue weighted by molar-refractivity contribution is 7.22. The van der Waals surface area contributed by atoms with E-state index >= 15 is 0 Å². The van der Waals surface area contributed by atoms with Crippen molar-refractivity contribution in [3.05, 3.63) is 48.0 Å². The molecule has 2 aliphatic rings. The number of hydrogen-bond acceptors (Lipinski definition) is 7. The number of benzene rings is 2. The van der Waals surface area contributed by atoms with Gasteiger partial charge in [0.15, 0.2) is 16.6 Å². The number of aryl methyl sites for hydroxylation is 1. The Balaban J connectivity index is 1.41. The zero-order valence-electron chi connectivity index (χ0n) is 17.5. The van der Waals surface area contributed by atoms with E-state index in [1.54, 1.807) is 4.90 Å². The fourth-order valence-electron chi connectivity index (χ4n) is 3.87. The first-order valence-electron chi connectivity index (χ1n) is 10.5. The van der Waals surface area contributed by atoms with Gasteiger partial charge in [-0.2, -0.15) is 0 Å². The van der Waals surface area contributed by atoms with Crippen molar-refractivity contribution in [2.45, 2.75) is 13.0 Å². The molecular formula is C23H25N3O4S. The summed E-state index contributed by atoms with van der Waals surface area (Å²) in [6, 6.07) is 13.6. The lowest BCUT2D eigenvalue weighted by molar-refractivity contribution is -0.127. The zero-order chi connectivity index (χ0) is 21.2. The van der Waals surface area contributed by atoms with E-state index in [2.05, 4.69) is 4.90 Å². The average molecular weight is 440 g/mol. The second-order valence-corrected chi connectivity index (χ2v) is 8.74. The van der Waals surface area contributed by atoms with E-state index in [0.29, 0.717) is 23.2 Å². The number of ether oxygens (including phenoxy) is 3. The third kappa shape index (κ3) is 4.23. The molecule has 0 bridgehead atoms. The lowest BCUT2D eigenvalue weighted by Crippen LogP contribution is -2.49. The fourth-order valence-corrected chi connectivity index (χ4v) is 4.95. The zero-order valence-corrected chi connectivity index (χ0v) is 18.3. The maximum absolute atomic E-state index is 13.6. The highest BCUT2D eigenvalue weighted by atomic mass is 32.1. The molecule has 2 aromatic carbocycles. The molecule has 3 heterocycles. The number of carbonyl (C=O) groups excluding carboxylic acids is 1. The van der Waals surface area contributed by atoms with E-state index in [-0.39, 0.29) is 12.5 Å². The number of para-hydroxylation sites is 3. The molecule has 0 spiro atoms. The average Bonchev–Trinajstić information content (AvgIpc) is 3.25. The normalized spacial score (nSPS) is 18.8. The van der Waals surface area contributed by atoms with Crippen LogP contribution in [0.4, 0.5) is 5.13 Å². The number of morpholine rings is 1. The van der Waals surface area contributed by atoms with E-state index in [1.807, 2.05) is 49.4 Å². The van der Waals surface area contributed by atoms with E-state index in [4.69, 9.17) is 19.2 Å². The standard InChI is InChI=1S/C23H25N3O4S/c1-16-5-4-8-20-21(16)24-23(31-20)26(10-9-25-11-13-28-14-12-25)22(27)19-15-29-17-6-2-3-7-18(17)30-19/h2-8,19H,9-15H2,1H3. The number of fused-ring (bicyclic) bond motifs is 2. The Kier molecular flexibility index (Phi) is 5.76. The first-order chi connectivity index (χ1) is 15.2. The van der Waals surface area contributed by atoms with Crippen LogP contribution in [0.5, 0.6) is 11.5 Å². The molecule has 1 unspecified atom stereocenters. The van der Waals surface area contributed by atoms with Crippen molar-refractivity contribution in [2.75, 3.05) is 50.9 Å². The molecule has 0 radical (unpaired) electrons. The van der Waals surface area contributed by atoms with Gasteiger partial charge in [-0.3, -0.25) is 14.6 Å². The minimum absolute atomic E-state index is 0.125. The molecule has 31 heavy (non-hydrogen) atoms. The van der Waals surface area contributed by atoms with Gasteiger partial charge in [0.2, 0.25) is 6.10 Å². The van der Waals surface area contributed by atoms with Gasteiger partial charge in [-0.15, -0.1) is 0 Å². The predicted molar refractivity (Wildman–Crippen MR) is 120 cm³/mol. The molecule has 5 rings (SSSR count). The Bertz CT molecular complexity index is 1080. The van der Waals surface area contributed by atoms with E-state index < -0.39 is 6.10 Å². The first kappa shape index (κ1) is 20.2. The van der Waals surface area contributed by atoms with Crippen LogP contribution >= 0.6 is 11.3 Å². The molecule has 162 valence electrons. The number of carbonyl (C=O) groups is 1. The Morgan fingerprint density at radius 3 is 2.77 bits per heavy atom. The third-order valence-corrected chi connectivity index (χ3v) is 6.68. The Morgan fingerprint density at radius 2 is 1.97 bits per heavy atom. The molecule has 2 aliphatic heterocycles. The Hall–Kier alpha value is -2.68. The minimum Gasteiger partial charge on any atom is -0.485 e. The SMILES string of the molecule is Cc1cccc2sc(N(CCN3CCOCC3)C(=O)C3COc4ccccc4O3)nc12. The van der Waals surface area contributed by atoms with Crippen LogP contribution in [0.1, 0.15) is 5.56 Å². The van der Waals surface area contributed by atoms with Crippen molar-refractivity contribution in [2.24, 2.45) is 0 Å². The lowest BCUT2D eigenvalue weighted by Gasteiger charge is -2.32. The molecule has 1 amide bonds. The summed E-state index contributed by atoms with van der Waals surface area (Å²) in [5, 5.41) is 0.699. The summed E-state index contributed by atoms with van der Waals surface area (Å²) in [4.78, 5) is 22.5. The summed E-state index contributed by atoms with van der Waals surface area (Å²) < 4.78 is 18.3. The van der Waals surface area contributed by atoms with Crippen LogP contribution in [0.25, 0.3) is 10.2 Å². The second kappa shape index (κ2) is 8.82. The summed E-state index contributed by atoms with van der Waals surface area (Å²) in [5.41, 5.74) is 2.05. The van der Waals surface area contributed by atoms with Crippen LogP contribution in [0.15, 0.2) is 42.5 Å². The molecule has 0 aliphatic carbocycles. The van der Waals surface area contributed by atoms with E-state index in [1.165, 1.54) is 11.3 Å². The summed E-state index contributed by atoms with van der Waals surface area (Å²) in [7, 11) is 0. The van der Waals surface area contributed by atoms with Gasteiger partial charge in [-0.25, -0.2) is 4.98 Å². The summed E-state index contributed by atoms with van der Waals surface area (Å²) in [6.07, 6.45) is -0.701. The van der Waals surface area contributed by atoms with Crippen molar-refractivity contribution in [3.63, 3.8) is 0 Å². The minimum atomic E-state index is -0.701. The number of anilines is 1. The van der Waals surface area contributed by atoms with Gasteiger partial charge < -0.3 is 14.2 Å². The molecule has 8 heteroatoms. The molecule has 0 N–H and O–H groups in total. The number of hydrogen-bond donors (Lipinski definition) is 0. The Labute approximate surface area is 185 Å². The highest BCUT2D eigenvalue weighted by Gasteiger charge is 2.33. The van der Waals surface area contributed by atoms with Gasteiger partial charge in [0.25, 0.3) is 5.91 Å². The first-order valence-corrected chi connectivity index (χ1v) is 11.4. The molecule has 1 aromatic heterocycles. The van der Waals surface area contributed by atoms with E-state index in [9.17, 15) is 4.79 Å². The van der Waals surface area contributed by atoms with Crippen LogP contribution in [0.3, 0.4) is 0 Å². The van der Waals surface area contributed by atoms with Crippen LogP contribution < -0.4 is 14.4 Å². The maximum atomic E-state index is 13.6. The van der Waals surface area contributed by atoms with Gasteiger partial charge in [0.05, 0.1) is 23.4 Å². The molecule has 7 nitrogen and oxygen atoms in total. The highest BCUT2D eigenvalue weighted by Crippen LogP contribution is 2.34. The van der Waals surface area contributed by atoms with Crippen molar-refractivity contribution < 1.29 is 19.0 Å². The third-order valence-electron chi connectivity index (χ3n) is 5.63. The van der Waals surface area contributed by atoms with Gasteiger partial charge in [0.1, 0.15) is 6.61 Å². The number of amides is 1. The number of thiazole rings is 1. The van der Waals surface area contributed by atoms with Crippen molar-refractivity contribution >= 4 is 32.6 Å². The molecule has 1 atom stereocenters. The van der Waals surface area contributed by atoms with Gasteiger partial charge in [0, 0.05) is 26.2 Å². The molecule has 0 saturated carbocycles. The molecular weight excluding hydrogens is 414 g/mol. The molecule has 3 aromatic rings. The smallest absolute Gasteiger partial charge is 0.273 e. The van der Waals surface area contributed by atoms with Crippen LogP contribution in [-0.2, 0) is 9.53 Å². The maximum Gasteiger partial charge on any atom is 0.273 e. The fraction of sp³-hybridized carbons (Fsp3) is 0.391. The lowest BCUT2D eigenvalue weighted by atomic mass is 10.2. The Morgan fingerprint density at radius 1 is 1.16 bits per heavy atom. The molecule has 1 saturated heterocycles. The summed E-state index contributed by atoms with van der Waals surface area (Å²) >= 11 is 1.54. The number of rotatable bonds is 5. The van der Waals surface area contributed by atoms with E-state index in [0.717, 1.165) is 48.6 Å². The largest absolute Gasteiger partial charge is 0.485 e. The van der Waals surface area contributed by atoms with Crippen molar-refractivity contribution in [1.29, 1.82) is 0 Å². The monoisotopic (exact) mass is 439 g/mol. The van der Waals surface area contributed by atoms with Crippen LogP contribution in [0, 0.1) is 6.92 Å². The summed E-state index contributed by atoms with van der Waals surface area (Å²) in [5.74, 6) is 1.14. The second-order valence-electron chi connectivity index (χ2n) is 7.73. The summed E-state index contributed by atoms with van der Waals surface area (Å²) in [6.45, 7) is 6.73. The van der Waals surface area contributed by atoms with Gasteiger partial charge in [-0.05, 0) is 30.7 Å². The van der Waals surface area contributed by atoms with Gasteiger partial charge in [-0.1, -0.05) is 35.6 Å². The van der Waals surface area contributed by atoms with Gasteiger partial charge >= 0.3 is 0 Å². The predicted octanol–water partition coefficient (Wildman–Crippen LogP) is 3.11. The van der Waals surface area contributed by atoms with Crippen molar-refractivity contribution in [1.82, 2.24) is 9.88 Å². The van der Waals surface area contributed by atoms with Crippen LogP contribution in [-0.4, -0.2) is 67.9 Å². The number of aromatic nitrogens is 1. The quantitative estimate of drug-likeness (QED) is 0.609. The van der Waals surface area contributed by atoms with Crippen molar-refractivity contribution in [3.8, 4) is 11.5 Å². The number of nitrogens with zero attached hydrogens (tertiary/aromatic N) is 3. The topological polar surface area (TPSA) is 64.1 Å². The molecule has 1 fully saturated rings.